The summed E-state index contributed by atoms with van der Waals surface area (Å²) in [7, 11) is 3.20. The third-order valence-corrected chi connectivity index (χ3v) is 2.75. The van der Waals surface area contributed by atoms with Crippen molar-refractivity contribution in [3.63, 3.8) is 0 Å². The van der Waals surface area contributed by atoms with Gasteiger partial charge in [0.15, 0.2) is 0 Å². The van der Waals surface area contributed by atoms with Gasteiger partial charge >= 0.3 is 0 Å². The standard InChI is InChI=1S/C13H13ClN2O2/c1-17-9-3-4-12(18-2)10(6-9)13-11(15)5-8(14)7-16-13/h3-7H,15H2,1-2H3. The number of benzene rings is 1. The Labute approximate surface area is 110 Å². The molecule has 0 amide bonds. The molecule has 2 N–H and O–H groups in total. The van der Waals surface area contributed by atoms with Gasteiger partial charge in [-0.15, -0.1) is 0 Å². The Morgan fingerprint density at radius 1 is 1.17 bits per heavy atom. The molecule has 0 saturated carbocycles. The molecule has 0 radical (unpaired) electrons. The van der Waals surface area contributed by atoms with E-state index >= 15 is 0 Å². The molecule has 0 saturated heterocycles. The van der Waals surface area contributed by atoms with Gasteiger partial charge in [-0.3, -0.25) is 4.98 Å². The van der Waals surface area contributed by atoms with Crippen LogP contribution in [0.1, 0.15) is 0 Å². The van der Waals surface area contributed by atoms with Crippen LogP contribution in [-0.4, -0.2) is 19.2 Å². The molecule has 0 unspecified atom stereocenters. The molecule has 4 nitrogen and oxygen atoms in total. The van der Waals surface area contributed by atoms with E-state index in [1.165, 1.54) is 0 Å². The maximum Gasteiger partial charge on any atom is 0.128 e. The van der Waals surface area contributed by atoms with Gasteiger partial charge in [-0.05, 0) is 24.3 Å². The van der Waals surface area contributed by atoms with E-state index in [2.05, 4.69) is 4.98 Å². The van der Waals surface area contributed by atoms with Crippen molar-refractivity contribution in [2.75, 3.05) is 20.0 Å². The van der Waals surface area contributed by atoms with Crippen molar-refractivity contribution in [2.24, 2.45) is 0 Å². The van der Waals surface area contributed by atoms with Gasteiger partial charge in [-0.25, -0.2) is 0 Å². The summed E-state index contributed by atoms with van der Waals surface area (Å²) < 4.78 is 10.5. The molecular weight excluding hydrogens is 252 g/mol. The van der Waals surface area contributed by atoms with Crippen molar-refractivity contribution >= 4 is 17.3 Å². The summed E-state index contributed by atoms with van der Waals surface area (Å²) in [5, 5.41) is 0.498. The Balaban J connectivity index is 2.60. The van der Waals surface area contributed by atoms with Gasteiger partial charge in [-0.2, -0.15) is 0 Å². The number of nitrogen functional groups attached to an aromatic ring is 1. The highest BCUT2D eigenvalue weighted by Crippen LogP contribution is 2.35. The normalized spacial score (nSPS) is 10.2. The topological polar surface area (TPSA) is 57.4 Å². The van der Waals surface area contributed by atoms with Gasteiger partial charge in [0.05, 0.1) is 30.6 Å². The third-order valence-electron chi connectivity index (χ3n) is 2.55. The van der Waals surface area contributed by atoms with Crippen LogP contribution in [0, 0.1) is 0 Å². The summed E-state index contributed by atoms with van der Waals surface area (Å²) >= 11 is 5.84. The van der Waals surface area contributed by atoms with Crippen LogP contribution in [0.3, 0.4) is 0 Å². The van der Waals surface area contributed by atoms with Crippen molar-refractivity contribution in [2.45, 2.75) is 0 Å². The fourth-order valence-electron chi connectivity index (χ4n) is 1.68. The van der Waals surface area contributed by atoms with Crippen LogP contribution in [0.25, 0.3) is 11.3 Å². The van der Waals surface area contributed by atoms with Crippen molar-refractivity contribution < 1.29 is 9.47 Å². The molecule has 1 aromatic carbocycles. The zero-order valence-electron chi connectivity index (χ0n) is 10.1. The molecule has 0 aliphatic carbocycles. The number of hydrogen-bond donors (Lipinski definition) is 1. The first-order valence-corrected chi connectivity index (χ1v) is 5.67. The zero-order chi connectivity index (χ0) is 13.1. The molecular formula is C13H13ClN2O2. The second-order valence-electron chi connectivity index (χ2n) is 3.66. The first kappa shape index (κ1) is 12.5. The zero-order valence-corrected chi connectivity index (χ0v) is 10.9. The molecule has 5 heteroatoms. The molecule has 0 fully saturated rings. The predicted molar refractivity (Wildman–Crippen MR) is 72.2 cm³/mol. The molecule has 0 atom stereocenters. The third kappa shape index (κ3) is 2.33. The van der Waals surface area contributed by atoms with Gasteiger partial charge in [0.25, 0.3) is 0 Å². The highest BCUT2D eigenvalue weighted by atomic mass is 35.5. The molecule has 1 heterocycles. The quantitative estimate of drug-likeness (QED) is 0.926. The van der Waals surface area contributed by atoms with E-state index in [9.17, 15) is 0 Å². The Kier molecular flexibility index (Phi) is 3.58. The van der Waals surface area contributed by atoms with E-state index in [1.807, 2.05) is 18.2 Å². The number of methoxy groups -OCH3 is 2. The Bertz CT molecular complexity index is 573. The second kappa shape index (κ2) is 5.14. The molecule has 0 spiro atoms. The van der Waals surface area contributed by atoms with Crippen LogP contribution in [0.5, 0.6) is 11.5 Å². The Hall–Kier alpha value is -1.94. The number of ether oxygens (including phenoxy) is 2. The maximum absolute atomic E-state index is 5.93. The van der Waals surface area contributed by atoms with Gasteiger partial charge in [-0.1, -0.05) is 11.6 Å². The molecule has 18 heavy (non-hydrogen) atoms. The van der Waals surface area contributed by atoms with E-state index in [0.717, 1.165) is 5.56 Å². The van der Waals surface area contributed by atoms with Crippen LogP contribution in [0.15, 0.2) is 30.5 Å². The molecule has 0 bridgehead atoms. The van der Waals surface area contributed by atoms with E-state index in [1.54, 1.807) is 26.5 Å². The fourth-order valence-corrected chi connectivity index (χ4v) is 1.85. The maximum atomic E-state index is 5.93. The van der Waals surface area contributed by atoms with E-state index in [4.69, 9.17) is 26.8 Å². The van der Waals surface area contributed by atoms with Crippen LogP contribution >= 0.6 is 11.6 Å². The number of rotatable bonds is 3. The number of aromatic nitrogens is 1. The van der Waals surface area contributed by atoms with Crippen molar-refractivity contribution in [3.05, 3.63) is 35.5 Å². The Morgan fingerprint density at radius 2 is 1.94 bits per heavy atom. The van der Waals surface area contributed by atoms with E-state index in [0.29, 0.717) is 27.9 Å². The fraction of sp³-hybridized carbons (Fsp3) is 0.154. The summed E-state index contributed by atoms with van der Waals surface area (Å²) in [6.07, 6.45) is 1.55. The van der Waals surface area contributed by atoms with E-state index < -0.39 is 0 Å². The van der Waals surface area contributed by atoms with Crippen molar-refractivity contribution in [3.8, 4) is 22.8 Å². The highest BCUT2D eigenvalue weighted by Gasteiger charge is 2.12. The lowest BCUT2D eigenvalue weighted by molar-refractivity contribution is 0.404. The minimum absolute atomic E-state index is 0.494. The smallest absolute Gasteiger partial charge is 0.128 e. The lowest BCUT2D eigenvalue weighted by Crippen LogP contribution is -1.96. The largest absolute Gasteiger partial charge is 0.497 e. The van der Waals surface area contributed by atoms with Crippen LogP contribution < -0.4 is 15.2 Å². The summed E-state index contributed by atoms with van der Waals surface area (Å²) in [5.41, 5.74) is 7.81. The number of hydrogen-bond acceptors (Lipinski definition) is 4. The van der Waals surface area contributed by atoms with Gasteiger partial charge in [0.1, 0.15) is 11.5 Å². The van der Waals surface area contributed by atoms with Gasteiger partial charge in [0.2, 0.25) is 0 Å². The molecule has 2 rings (SSSR count). The van der Waals surface area contributed by atoms with Crippen molar-refractivity contribution in [1.82, 2.24) is 4.98 Å². The lowest BCUT2D eigenvalue weighted by atomic mass is 10.1. The number of nitrogens with two attached hydrogens (primary N) is 1. The first-order valence-electron chi connectivity index (χ1n) is 5.29. The molecule has 2 aromatic rings. The minimum atomic E-state index is 0.494. The van der Waals surface area contributed by atoms with Gasteiger partial charge in [0, 0.05) is 11.8 Å². The summed E-state index contributed by atoms with van der Waals surface area (Å²) in [5.74, 6) is 1.39. The predicted octanol–water partition coefficient (Wildman–Crippen LogP) is 3.00. The number of halogens is 1. The number of anilines is 1. The van der Waals surface area contributed by atoms with Gasteiger partial charge < -0.3 is 15.2 Å². The van der Waals surface area contributed by atoms with Crippen LogP contribution in [0.2, 0.25) is 5.02 Å². The molecule has 1 aromatic heterocycles. The van der Waals surface area contributed by atoms with Crippen LogP contribution in [0.4, 0.5) is 5.69 Å². The highest BCUT2D eigenvalue weighted by molar-refractivity contribution is 6.30. The summed E-state index contributed by atoms with van der Waals surface area (Å²) in [6, 6.07) is 7.10. The molecule has 0 aliphatic rings. The second-order valence-corrected chi connectivity index (χ2v) is 4.09. The SMILES string of the molecule is COc1ccc(OC)c(-c2ncc(Cl)cc2N)c1. The average molecular weight is 265 g/mol. The first-order chi connectivity index (χ1) is 8.65. The molecule has 94 valence electrons. The number of nitrogens with zero attached hydrogens (tertiary/aromatic N) is 1. The Morgan fingerprint density at radius 3 is 2.56 bits per heavy atom. The molecule has 0 aliphatic heterocycles. The van der Waals surface area contributed by atoms with Crippen LogP contribution in [-0.2, 0) is 0 Å². The average Bonchev–Trinajstić information content (AvgIpc) is 2.38. The lowest BCUT2D eigenvalue weighted by Gasteiger charge is -2.11. The summed E-state index contributed by atoms with van der Waals surface area (Å²) in [6.45, 7) is 0. The van der Waals surface area contributed by atoms with Crippen molar-refractivity contribution in [1.29, 1.82) is 0 Å². The monoisotopic (exact) mass is 264 g/mol. The van der Waals surface area contributed by atoms with E-state index in [-0.39, 0.29) is 0 Å². The number of pyridine rings is 1. The minimum Gasteiger partial charge on any atom is -0.497 e. The summed E-state index contributed by atoms with van der Waals surface area (Å²) in [4.78, 5) is 4.24.